The van der Waals surface area contributed by atoms with Crippen molar-refractivity contribution in [1.29, 1.82) is 0 Å². The maximum absolute atomic E-state index is 12.0. The molecule has 2 aromatic rings. The number of benzene rings is 2. The maximum Gasteiger partial charge on any atom is 0.258 e. The first-order valence-electron chi connectivity index (χ1n) is 8.33. The number of amides is 1. The van der Waals surface area contributed by atoms with Crippen molar-refractivity contribution in [2.75, 3.05) is 6.61 Å². The van der Waals surface area contributed by atoms with Crippen LogP contribution < -0.4 is 10.1 Å². The van der Waals surface area contributed by atoms with Crippen LogP contribution in [0.2, 0.25) is 0 Å². The molecule has 0 aliphatic rings. The summed E-state index contributed by atoms with van der Waals surface area (Å²) >= 11 is 3.48. The Kier molecular flexibility index (Phi) is 7.32. The molecule has 0 saturated heterocycles. The van der Waals surface area contributed by atoms with Crippen LogP contribution in [0.4, 0.5) is 0 Å². The number of hydrogen-bond donors (Lipinski definition) is 1. The van der Waals surface area contributed by atoms with Gasteiger partial charge < -0.3 is 10.1 Å². The summed E-state index contributed by atoms with van der Waals surface area (Å²) in [5.41, 5.74) is 2.52. The monoisotopic (exact) mass is 389 g/mol. The maximum atomic E-state index is 12.0. The van der Waals surface area contributed by atoms with E-state index in [1.54, 1.807) is 0 Å². The molecule has 1 N–H and O–H groups in total. The number of rotatable bonds is 8. The minimum atomic E-state index is -0.0953. The molecular weight excluding hydrogens is 366 g/mol. The van der Waals surface area contributed by atoms with E-state index in [1.807, 2.05) is 43.3 Å². The minimum Gasteiger partial charge on any atom is -0.483 e. The van der Waals surface area contributed by atoms with E-state index >= 15 is 0 Å². The highest BCUT2D eigenvalue weighted by molar-refractivity contribution is 9.10. The van der Waals surface area contributed by atoms with Crippen molar-refractivity contribution >= 4 is 21.8 Å². The van der Waals surface area contributed by atoms with Gasteiger partial charge in [0.1, 0.15) is 5.75 Å². The number of carbonyl (C=O) groups is 1. The fourth-order valence-corrected chi connectivity index (χ4v) is 2.98. The topological polar surface area (TPSA) is 38.3 Å². The van der Waals surface area contributed by atoms with Gasteiger partial charge in [-0.05, 0) is 65.4 Å². The Morgan fingerprint density at radius 3 is 2.58 bits per heavy atom. The van der Waals surface area contributed by atoms with E-state index in [1.165, 1.54) is 11.1 Å². The number of nitrogens with one attached hydrogen (secondary N) is 1. The van der Waals surface area contributed by atoms with Crippen LogP contribution in [-0.4, -0.2) is 18.6 Å². The molecule has 0 spiro atoms. The number of ether oxygens (including phenoxy) is 1. The standard InChI is InChI=1S/C20H24BrNO2/c1-3-16-11-12-19(18(21)13-16)24-14-20(23)22-15(2)9-10-17-7-5-4-6-8-17/h4-8,11-13,15H,3,9-10,14H2,1-2H3,(H,22,23)/t15-/m0/s1. The van der Waals surface area contributed by atoms with E-state index in [0.29, 0.717) is 5.75 Å². The molecular formula is C20H24BrNO2. The lowest BCUT2D eigenvalue weighted by Gasteiger charge is -2.15. The molecule has 3 nitrogen and oxygen atoms in total. The van der Waals surface area contributed by atoms with Crippen LogP contribution in [-0.2, 0) is 17.6 Å². The van der Waals surface area contributed by atoms with E-state index in [4.69, 9.17) is 4.74 Å². The molecule has 0 aliphatic heterocycles. The van der Waals surface area contributed by atoms with Gasteiger partial charge >= 0.3 is 0 Å². The van der Waals surface area contributed by atoms with Gasteiger partial charge in [-0.25, -0.2) is 0 Å². The smallest absolute Gasteiger partial charge is 0.258 e. The fraction of sp³-hybridized carbons (Fsp3) is 0.350. The Bertz CT molecular complexity index is 658. The molecule has 0 heterocycles. The first-order valence-corrected chi connectivity index (χ1v) is 9.12. The highest BCUT2D eigenvalue weighted by Gasteiger charge is 2.10. The Morgan fingerprint density at radius 2 is 1.92 bits per heavy atom. The van der Waals surface area contributed by atoms with Gasteiger partial charge in [0.25, 0.3) is 5.91 Å². The van der Waals surface area contributed by atoms with Crippen LogP contribution in [0.15, 0.2) is 53.0 Å². The predicted octanol–water partition coefficient (Wildman–Crippen LogP) is 4.53. The van der Waals surface area contributed by atoms with Crippen LogP contribution in [0, 0.1) is 0 Å². The molecule has 2 aromatic carbocycles. The van der Waals surface area contributed by atoms with Crippen LogP contribution in [0.1, 0.15) is 31.4 Å². The molecule has 0 unspecified atom stereocenters. The quantitative estimate of drug-likeness (QED) is 0.720. The average Bonchev–Trinajstić information content (AvgIpc) is 2.59. The van der Waals surface area contributed by atoms with Gasteiger partial charge in [-0.2, -0.15) is 0 Å². The third-order valence-corrected chi connectivity index (χ3v) is 4.50. The Labute approximate surface area is 152 Å². The van der Waals surface area contributed by atoms with Crippen LogP contribution >= 0.6 is 15.9 Å². The predicted molar refractivity (Wildman–Crippen MR) is 101 cm³/mol. The third-order valence-electron chi connectivity index (χ3n) is 3.88. The van der Waals surface area contributed by atoms with Crippen LogP contribution in [0.3, 0.4) is 0 Å². The van der Waals surface area contributed by atoms with Crippen molar-refractivity contribution in [1.82, 2.24) is 5.32 Å². The van der Waals surface area contributed by atoms with E-state index in [9.17, 15) is 4.79 Å². The molecule has 2 rings (SSSR count). The Balaban J connectivity index is 1.74. The highest BCUT2D eigenvalue weighted by Crippen LogP contribution is 2.26. The highest BCUT2D eigenvalue weighted by atomic mass is 79.9. The molecule has 128 valence electrons. The zero-order valence-corrected chi connectivity index (χ0v) is 15.8. The van der Waals surface area contributed by atoms with Crippen LogP contribution in [0.25, 0.3) is 0 Å². The van der Waals surface area contributed by atoms with E-state index in [-0.39, 0.29) is 18.6 Å². The third kappa shape index (κ3) is 6.00. The first kappa shape index (κ1) is 18.5. The van der Waals surface area contributed by atoms with Crippen molar-refractivity contribution in [2.45, 2.75) is 39.2 Å². The molecule has 0 bridgehead atoms. The van der Waals surface area contributed by atoms with Gasteiger partial charge in [-0.3, -0.25) is 4.79 Å². The summed E-state index contributed by atoms with van der Waals surface area (Å²) in [6, 6.07) is 16.3. The zero-order valence-electron chi connectivity index (χ0n) is 14.2. The summed E-state index contributed by atoms with van der Waals surface area (Å²) in [5.74, 6) is 0.598. The lowest BCUT2D eigenvalue weighted by atomic mass is 10.1. The summed E-state index contributed by atoms with van der Waals surface area (Å²) in [5, 5.41) is 2.98. The van der Waals surface area contributed by atoms with Crippen LogP contribution in [0.5, 0.6) is 5.75 Å². The van der Waals surface area contributed by atoms with Gasteiger partial charge in [0.15, 0.2) is 6.61 Å². The molecule has 0 radical (unpaired) electrons. The van der Waals surface area contributed by atoms with Gasteiger partial charge in [-0.1, -0.05) is 43.3 Å². The average molecular weight is 390 g/mol. The van der Waals surface area contributed by atoms with Crippen molar-refractivity contribution in [3.8, 4) is 5.75 Å². The van der Waals surface area contributed by atoms with Crippen molar-refractivity contribution in [3.05, 3.63) is 64.1 Å². The van der Waals surface area contributed by atoms with E-state index < -0.39 is 0 Å². The summed E-state index contributed by atoms with van der Waals surface area (Å²) in [4.78, 5) is 12.0. The Hall–Kier alpha value is -1.81. The Morgan fingerprint density at radius 1 is 1.17 bits per heavy atom. The number of carbonyl (C=O) groups excluding carboxylic acids is 1. The molecule has 24 heavy (non-hydrogen) atoms. The van der Waals surface area contributed by atoms with E-state index in [0.717, 1.165) is 23.7 Å². The molecule has 0 aliphatic carbocycles. The van der Waals surface area contributed by atoms with Crippen molar-refractivity contribution in [2.24, 2.45) is 0 Å². The van der Waals surface area contributed by atoms with Gasteiger partial charge in [0, 0.05) is 6.04 Å². The second-order valence-corrected chi connectivity index (χ2v) is 6.75. The lowest BCUT2D eigenvalue weighted by molar-refractivity contribution is -0.123. The van der Waals surface area contributed by atoms with Gasteiger partial charge in [0.05, 0.1) is 4.47 Å². The molecule has 1 amide bonds. The number of aryl methyl sites for hydroxylation is 2. The second kappa shape index (κ2) is 9.48. The number of halogens is 1. The summed E-state index contributed by atoms with van der Waals surface area (Å²) < 4.78 is 6.48. The SMILES string of the molecule is CCc1ccc(OCC(=O)N[C@@H](C)CCc2ccccc2)c(Br)c1. The summed E-state index contributed by atoms with van der Waals surface area (Å²) in [6.45, 7) is 4.15. The van der Waals surface area contributed by atoms with Gasteiger partial charge in [-0.15, -0.1) is 0 Å². The zero-order chi connectivity index (χ0) is 17.4. The molecule has 0 fully saturated rings. The minimum absolute atomic E-state index is 0.0275. The van der Waals surface area contributed by atoms with Gasteiger partial charge in [0.2, 0.25) is 0 Å². The molecule has 0 saturated carbocycles. The molecule has 0 aromatic heterocycles. The fourth-order valence-electron chi connectivity index (χ4n) is 2.44. The summed E-state index contributed by atoms with van der Waals surface area (Å²) in [7, 11) is 0. The van der Waals surface area contributed by atoms with E-state index in [2.05, 4.69) is 40.3 Å². The lowest BCUT2D eigenvalue weighted by Crippen LogP contribution is -2.36. The number of hydrogen-bond acceptors (Lipinski definition) is 2. The normalized spacial score (nSPS) is 11.8. The van der Waals surface area contributed by atoms with Crippen molar-refractivity contribution < 1.29 is 9.53 Å². The molecule has 4 heteroatoms. The largest absolute Gasteiger partial charge is 0.483 e. The molecule has 1 atom stereocenters. The second-order valence-electron chi connectivity index (χ2n) is 5.90. The first-order chi connectivity index (χ1) is 11.6. The van der Waals surface area contributed by atoms with Crippen molar-refractivity contribution in [3.63, 3.8) is 0 Å². The summed E-state index contributed by atoms with van der Waals surface area (Å²) in [6.07, 6.45) is 2.83.